The van der Waals surface area contributed by atoms with E-state index in [1.54, 1.807) is 28.2 Å². The lowest BCUT2D eigenvalue weighted by Crippen LogP contribution is -2.38. The van der Waals surface area contributed by atoms with Crippen LogP contribution in [0.5, 0.6) is 0 Å². The molecule has 10 heteroatoms. The first-order chi connectivity index (χ1) is 12.6. The van der Waals surface area contributed by atoms with Crippen LogP contribution in [0.2, 0.25) is 0 Å². The smallest absolute Gasteiger partial charge is 0.243 e. The first-order valence-corrected chi connectivity index (χ1v) is 11.5. The summed E-state index contributed by atoms with van der Waals surface area (Å²) in [7, 11) is -3.44. The van der Waals surface area contributed by atoms with Crippen LogP contribution in [0.4, 0.5) is 0 Å². The Bertz CT molecular complexity index is 894. The van der Waals surface area contributed by atoms with E-state index in [0.29, 0.717) is 18.0 Å². The fraction of sp³-hybridized carbons (Fsp3) is 0.529. The van der Waals surface area contributed by atoms with Crippen LogP contribution in [-0.4, -0.2) is 53.4 Å². The molecule has 1 aromatic heterocycles. The van der Waals surface area contributed by atoms with E-state index in [1.807, 2.05) is 18.4 Å². The topological polar surface area (TPSA) is 80.1 Å². The van der Waals surface area contributed by atoms with Gasteiger partial charge in [-0.25, -0.2) is 8.42 Å². The maximum Gasteiger partial charge on any atom is 0.243 e. The summed E-state index contributed by atoms with van der Waals surface area (Å²) in [5.74, 6) is 2.27. The molecule has 1 saturated heterocycles. The number of fused-ring (bicyclic) bond motifs is 1. The van der Waals surface area contributed by atoms with Crippen LogP contribution >= 0.6 is 24.2 Å². The van der Waals surface area contributed by atoms with Gasteiger partial charge in [-0.15, -0.1) is 34.4 Å². The van der Waals surface area contributed by atoms with Crippen LogP contribution in [0.1, 0.15) is 30.4 Å². The Hall–Kier alpha value is -1.13. The number of hydrogen-bond acceptors (Lipinski definition) is 6. The minimum Gasteiger partial charge on any atom is -0.312 e. The Morgan fingerprint density at radius 2 is 1.96 bits per heavy atom. The number of nitrogens with one attached hydrogen (secondary N) is 1. The van der Waals surface area contributed by atoms with E-state index in [0.717, 1.165) is 49.0 Å². The third-order valence-corrected chi connectivity index (χ3v) is 7.77. The summed E-state index contributed by atoms with van der Waals surface area (Å²) in [5, 5.41) is 12.0. The fourth-order valence-corrected chi connectivity index (χ4v) is 5.73. The summed E-state index contributed by atoms with van der Waals surface area (Å²) >= 11 is 1.55. The summed E-state index contributed by atoms with van der Waals surface area (Å²) in [6.45, 7) is 3.62. The molecule has 2 aliphatic heterocycles. The minimum absolute atomic E-state index is 0. The van der Waals surface area contributed by atoms with Crippen LogP contribution < -0.4 is 5.32 Å². The first-order valence-electron chi connectivity index (χ1n) is 8.86. The van der Waals surface area contributed by atoms with Gasteiger partial charge in [-0.3, -0.25) is 0 Å². The molecule has 0 unspecified atom stereocenters. The van der Waals surface area contributed by atoms with Gasteiger partial charge in [0.2, 0.25) is 10.0 Å². The number of benzene rings is 1. The number of piperidine rings is 1. The first kappa shape index (κ1) is 20.6. The number of aromatic nitrogens is 3. The van der Waals surface area contributed by atoms with Gasteiger partial charge in [0.25, 0.3) is 0 Å². The van der Waals surface area contributed by atoms with Crippen LogP contribution in [0, 0.1) is 0 Å². The third-order valence-electron chi connectivity index (χ3n) is 5.15. The second-order valence-corrected chi connectivity index (χ2v) is 9.48. The highest BCUT2D eigenvalue weighted by molar-refractivity contribution is 7.98. The predicted molar refractivity (Wildman–Crippen MR) is 108 cm³/mol. The molecule has 0 amide bonds. The van der Waals surface area contributed by atoms with Crippen molar-refractivity contribution in [1.29, 1.82) is 0 Å². The maximum atomic E-state index is 13.0. The van der Waals surface area contributed by atoms with E-state index < -0.39 is 10.0 Å². The average molecular weight is 430 g/mol. The molecule has 1 aromatic carbocycles. The zero-order chi connectivity index (χ0) is 18.1. The highest BCUT2D eigenvalue weighted by Crippen LogP contribution is 2.31. The molecule has 1 fully saturated rings. The van der Waals surface area contributed by atoms with Gasteiger partial charge in [0.1, 0.15) is 11.6 Å². The second kappa shape index (κ2) is 8.48. The lowest BCUT2D eigenvalue weighted by molar-refractivity contribution is 0.307. The highest BCUT2D eigenvalue weighted by atomic mass is 35.5. The Morgan fingerprint density at radius 1 is 1.19 bits per heavy atom. The largest absolute Gasteiger partial charge is 0.312 e. The molecule has 0 aliphatic carbocycles. The lowest BCUT2D eigenvalue weighted by atomic mass is 9.97. The number of nitrogens with zero attached hydrogens (tertiary/aromatic N) is 4. The van der Waals surface area contributed by atoms with Crippen LogP contribution in [-0.2, 0) is 23.1 Å². The summed E-state index contributed by atoms with van der Waals surface area (Å²) in [4.78, 5) is 1.35. The number of rotatable bonds is 4. The second-order valence-electron chi connectivity index (χ2n) is 6.66. The number of thioether (sulfide) groups is 1. The normalized spacial score (nSPS) is 18.7. The van der Waals surface area contributed by atoms with Gasteiger partial charge in [-0.05, 0) is 37.3 Å². The molecule has 0 bridgehead atoms. The van der Waals surface area contributed by atoms with Gasteiger partial charge in [0.15, 0.2) is 0 Å². The van der Waals surface area contributed by atoms with Gasteiger partial charge >= 0.3 is 0 Å². The molecule has 2 aliphatic rings. The van der Waals surface area contributed by atoms with Gasteiger partial charge in [0, 0.05) is 37.0 Å². The molecule has 7 nitrogen and oxygen atoms in total. The Labute approximate surface area is 170 Å². The minimum atomic E-state index is -3.44. The van der Waals surface area contributed by atoms with Crippen LogP contribution in [0.3, 0.4) is 0 Å². The monoisotopic (exact) mass is 429 g/mol. The van der Waals surface area contributed by atoms with Crippen LogP contribution in [0.15, 0.2) is 34.1 Å². The molecule has 2 aromatic rings. The summed E-state index contributed by atoms with van der Waals surface area (Å²) < 4.78 is 29.7. The van der Waals surface area contributed by atoms with Crippen LogP contribution in [0.25, 0.3) is 0 Å². The van der Waals surface area contributed by atoms with Crippen molar-refractivity contribution in [3.8, 4) is 0 Å². The number of sulfonamides is 1. The zero-order valence-corrected chi connectivity index (χ0v) is 17.6. The maximum absolute atomic E-state index is 13.0. The van der Waals surface area contributed by atoms with Crippen molar-refractivity contribution >= 4 is 34.2 Å². The van der Waals surface area contributed by atoms with Crippen molar-refractivity contribution in [3.63, 3.8) is 0 Å². The van der Waals surface area contributed by atoms with E-state index in [-0.39, 0.29) is 18.3 Å². The molecule has 3 heterocycles. The molecule has 0 atom stereocenters. The average Bonchev–Trinajstić information content (AvgIpc) is 3.12. The van der Waals surface area contributed by atoms with E-state index in [4.69, 9.17) is 0 Å². The number of halogens is 1. The standard InChI is InChI=1S/C17H23N5O2S2.ClH/c1-25-14-3-2-4-15(11-14)26(23,24)21-8-5-13(6-9-21)17-20-19-16-12-18-7-10-22(16)17;/h2-4,11,13,18H,5-10,12H2,1H3;1H. The summed E-state index contributed by atoms with van der Waals surface area (Å²) in [5.41, 5.74) is 0. The van der Waals surface area contributed by atoms with Gasteiger partial charge < -0.3 is 9.88 Å². The molecule has 4 rings (SSSR count). The van der Waals surface area contributed by atoms with Gasteiger partial charge in [-0.2, -0.15) is 4.31 Å². The van der Waals surface area contributed by atoms with Crippen molar-refractivity contribution < 1.29 is 8.42 Å². The van der Waals surface area contributed by atoms with E-state index >= 15 is 0 Å². The van der Waals surface area contributed by atoms with E-state index in [1.165, 1.54) is 0 Å². The highest BCUT2D eigenvalue weighted by Gasteiger charge is 2.32. The molecule has 27 heavy (non-hydrogen) atoms. The molecule has 0 spiro atoms. The third kappa shape index (κ3) is 4.02. The Kier molecular flexibility index (Phi) is 6.47. The van der Waals surface area contributed by atoms with Gasteiger partial charge in [-0.1, -0.05) is 6.07 Å². The molecule has 1 N–H and O–H groups in total. The lowest BCUT2D eigenvalue weighted by Gasteiger charge is -2.31. The van der Waals surface area contributed by atoms with Crippen molar-refractivity contribution in [1.82, 2.24) is 24.4 Å². The van der Waals surface area contributed by atoms with Crippen molar-refractivity contribution in [2.45, 2.75) is 41.6 Å². The zero-order valence-electron chi connectivity index (χ0n) is 15.2. The molecular formula is C17H24ClN5O2S2. The molecular weight excluding hydrogens is 406 g/mol. The van der Waals surface area contributed by atoms with Gasteiger partial charge in [0.05, 0.1) is 11.4 Å². The predicted octanol–water partition coefficient (Wildman–Crippen LogP) is 2.09. The van der Waals surface area contributed by atoms with Crippen molar-refractivity contribution in [2.24, 2.45) is 0 Å². The van der Waals surface area contributed by atoms with E-state index in [2.05, 4.69) is 20.1 Å². The Balaban J connectivity index is 0.00000210. The van der Waals surface area contributed by atoms with E-state index in [9.17, 15) is 8.42 Å². The summed E-state index contributed by atoms with van der Waals surface area (Å²) in [6, 6.07) is 7.18. The Morgan fingerprint density at radius 3 is 2.70 bits per heavy atom. The van der Waals surface area contributed by atoms with Crippen molar-refractivity contribution in [3.05, 3.63) is 35.9 Å². The fourth-order valence-electron chi connectivity index (χ4n) is 3.68. The van der Waals surface area contributed by atoms with Crippen molar-refractivity contribution in [2.75, 3.05) is 25.9 Å². The SMILES string of the molecule is CSc1cccc(S(=O)(=O)N2CCC(c3nnc4n3CCNC4)CC2)c1.Cl. The summed E-state index contributed by atoms with van der Waals surface area (Å²) in [6.07, 6.45) is 3.52. The molecule has 148 valence electrons. The molecule has 0 radical (unpaired) electrons. The molecule has 0 saturated carbocycles. The quantitative estimate of drug-likeness (QED) is 0.749. The number of hydrogen-bond donors (Lipinski definition) is 1.